The predicted molar refractivity (Wildman–Crippen MR) is 112 cm³/mol. The number of aromatic nitrogens is 1. The van der Waals surface area contributed by atoms with Crippen LogP contribution >= 0.6 is 0 Å². The molecule has 0 spiro atoms. The lowest BCUT2D eigenvalue weighted by atomic mass is 9.95. The number of H-pyrrole nitrogens is 1. The summed E-state index contributed by atoms with van der Waals surface area (Å²) < 4.78 is 5.42. The summed E-state index contributed by atoms with van der Waals surface area (Å²) in [5.74, 6) is -1.77. The molecule has 1 atom stereocenters. The minimum atomic E-state index is -1.17. The van der Waals surface area contributed by atoms with Gasteiger partial charge in [-0.05, 0) is 59.2 Å². The second kappa shape index (κ2) is 7.44. The van der Waals surface area contributed by atoms with Crippen LogP contribution in [0.1, 0.15) is 59.8 Å². The fourth-order valence-corrected chi connectivity index (χ4v) is 3.78. The summed E-state index contributed by atoms with van der Waals surface area (Å²) in [6, 6.07) is 6.94. The summed E-state index contributed by atoms with van der Waals surface area (Å²) in [5.41, 5.74) is 1.47. The topological polar surface area (TPSA) is 109 Å². The van der Waals surface area contributed by atoms with E-state index in [1.807, 2.05) is 0 Å². The van der Waals surface area contributed by atoms with Crippen molar-refractivity contribution in [3.8, 4) is 0 Å². The van der Waals surface area contributed by atoms with E-state index >= 15 is 0 Å². The van der Waals surface area contributed by atoms with Gasteiger partial charge >= 0.3 is 5.97 Å². The summed E-state index contributed by atoms with van der Waals surface area (Å²) in [6.45, 7) is 9.48. The number of ether oxygens (including phenoxy) is 1. The quantitative estimate of drug-likeness (QED) is 0.593. The van der Waals surface area contributed by atoms with Gasteiger partial charge in [-0.3, -0.25) is 19.3 Å². The highest BCUT2D eigenvalue weighted by Gasteiger charge is 2.45. The van der Waals surface area contributed by atoms with Gasteiger partial charge in [0.2, 0.25) is 5.91 Å². The standard InChI is InChI=1S/C22H25N3O5/c1-11-17(13(3)26)12(2)23-18(11)20(28)30-14(4)19(27)25-16-10-8-7-9-15(16)24-21(29)22(25,5)6/h7-10,14,23H,1-6H3,(H,24,29)/t14-/m0/s1. The van der Waals surface area contributed by atoms with E-state index < -0.39 is 23.5 Å². The van der Waals surface area contributed by atoms with Crippen molar-refractivity contribution in [3.05, 3.63) is 46.8 Å². The fraction of sp³-hybridized carbons (Fsp3) is 0.364. The van der Waals surface area contributed by atoms with Gasteiger partial charge in [-0.15, -0.1) is 0 Å². The Morgan fingerprint density at radius 3 is 2.37 bits per heavy atom. The molecule has 8 heteroatoms. The maximum atomic E-state index is 13.3. The molecule has 2 amide bonds. The third kappa shape index (κ3) is 3.38. The van der Waals surface area contributed by atoms with Crippen LogP contribution in [0.25, 0.3) is 0 Å². The smallest absolute Gasteiger partial charge is 0.355 e. The van der Waals surface area contributed by atoms with Crippen LogP contribution in [0.3, 0.4) is 0 Å². The van der Waals surface area contributed by atoms with Crippen molar-refractivity contribution >= 4 is 34.9 Å². The van der Waals surface area contributed by atoms with Crippen molar-refractivity contribution in [1.82, 2.24) is 4.98 Å². The first-order valence-electron chi connectivity index (χ1n) is 9.62. The lowest BCUT2D eigenvalue weighted by Gasteiger charge is -2.42. The summed E-state index contributed by atoms with van der Waals surface area (Å²) in [4.78, 5) is 54.6. The summed E-state index contributed by atoms with van der Waals surface area (Å²) >= 11 is 0. The Kier molecular flexibility index (Phi) is 5.28. The molecule has 0 aliphatic carbocycles. The molecule has 1 aromatic heterocycles. The molecule has 30 heavy (non-hydrogen) atoms. The van der Waals surface area contributed by atoms with Crippen molar-refractivity contribution in [2.24, 2.45) is 0 Å². The molecule has 0 fully saturated rings. The van der Waals surface area contributed by atoms with Crippen LogP contribution in [0, 0.1) is 13.8 Å². The van der Waals surface area contributed by atoms with Gasteiger partial charge in [-0.25, -0.2) is 4.79 Å². The van der Waals surface area contributed by atoms with Gasteiger partial charge in [-0.2, -0.15) is 0 Å². The molecular weight excluding hydrogens is 386 g/mol. The highest BCUT2D eigenvalue weighted by atomic mass is 16.5. The lowest BCUT2D eigenvalue weighted by Crippen LogP contribution is -2.60. The molecule has 1 aliphatic heterocycles. The van der Waals surface area contributed by atoms with Crippen molar-refractivity contribution < 1.29 is 23.9 Å². The van der Waals surface area contributed by atoms with Crippen LogP contribution in [0.5, 0.6) is 0 Å². The normalized spacial score (nSPS) is 15.8. The number of aromatic amines is 1. The van der Waals surface area contributed by atoms with Gasteiger partial charge in [0.1, 0.15) is 11.2 Å². The molecular formula is C22H25N3O5. The third-order valence-corrected chi connectivity index (χ3v) is 5.35. The first kappa shape index (κ1) is 21.3. The van der Waals surface area contributed by atoms with Crippen LogP contribution in [-0.2, 0) is 14.3 Å². The van der Waals surface area contributed by atoms with Crippen molar-refractivity contribution in [3.63, 3.8) is 0 Å². The van der Waals surface area contributed by atoms with E-state index in [0.717, 1.165) is 0 Å². The van der Waals surface area contributed by atoms with E-state index in [1.54, 1.807) is 52.0 Å². The number of rotatable bonds is 4. The van der Waals surface area contributed by atoms with Crippen LogP contribution in [-0.4, -0.2) is 40.2 Å². The number of aryl methyl sites for hydroxylation is 1. The van der Waals surface area contributed by atoms with E-state index in [-0.39, 0.29) is 17.4 Å². The maximum Gasteiger partial charge on any atom is 0.355 e. The first-order valence-corrected chi connectivity index (χ1v) is 9.62. The van der Waals surface area contributed by atoms with E-state index in [1.165, 1.54) is 18.7 Å². The highest BCUT2D eigenvalue weighted by molar-refractivity contribution is 6.15. The predicted octanol–water partition coefficient (Wildman–Crippen LogP) is 3.14. The van der Waals surface area contributed by atoms with Crippen molar-refractivity contribution in [2.45, 2.75) is 53.2 Å². The van der Waals surface area contributed by atoms with E-state index in [2.05, 4.69) is 10.3 Å². The number of nitrogens with one attached hydrogen (secondary N) is 2. The number of ketones is 1. The van der Waals surface area contributed by atoms with E-state index in [0.29, 0.717) is 28.2 Å². The number of esters is 1. The molecule has 0 radical (unpaired) electrons. The first-order chi connectivity index (χ1) is 14.0. The lowest BCUT2D eigenvalue weighted by molar-refractivity contribution is -0.131. The Morgan fingerprint density at radius 2 is 1.77 bits per heavy atom. The molecule has 0 saturated carbocycles. The molecule has 158 valence electrons. The Labute approximate surface area is 174 Å². The average molecular weight is 411 g/mol. The van der Waals surface area contributed by atoms with Gasteiger partial charge in [0.15, 0.2) is 11.9 Å². The number of amides is 2. The number of para-hydroxylation sites is 2. The van der Waals surface area contributed by atoms with Crippen LogP contribution in [0.4, 0.5) is 11.4 Å². The van der Waals surface area contributed by atoms with E-state index in [9.17, 15) is 19.2 Å². The Bertz CT molecular complexity index is 1070. The number of nitrogens with zero attached hydrogens (tertiary/aromatic N) is 1. The van der Waals surface area contributed by atoms with Gasteiger partial charge in [0.05, 0.1) is 11.4 Å². The second-order valence-corrected chi connectivity index (χ2v) is 7.93. The highest BCUT2D eigenvalue weighted by Crippen LogP contribution is 2.37. The van der Waals surface area contributed by atoms with Crippen molar-refractivity contribution in [1.29, 1.82) is 0 Å². The number of hydrogen-bond acceptors (Lipinski definition) is 5. The van der Waals surface area contributed by atoms with Gasteiger partial charge in [0, 0.05) is 11.3 Å². The number of fused-ring (bicyclic) bond motifs is 1. The van der Waals surface area contributed by atoms with Crippen LogP contribution in [0.15, 0.2) is 24.3 Å². The maximum absolute atomic E-state index is 13.3. The van der Waals surface area contributed by atoms with Crippen molar-refractivity contribution in [2.75, 3.05) is 10.2 Å². The number of hydrogen-bond donors (Lipinski definition) is 2. The Morgan fingerprint density at radius 1 is 1.13 bits per heavy atom. The number of benzene rings is 1. The third-order valence-electron chi connectivity index (χ3n) is 5.35. The molecule has 1 aromatic carbocycles. The van der Waals surface area contributed by atoms with Gasteiger partial charge in [0.25, 0.3) is 5.91 Å². The number of Topliss-reactive ketones (excluding diaryl/α,β-unsaturated/α-hetero) is 1. The Balaban J connectivity index is 1.89. The van der Waals surface area contributed by atoms with Gasteiger partial charge in [-0.1, -0.05) is 12.1 Å². The van der Waals surface area contributed by atoms with Crippen LogP contribution in [0.2, 0.25) is 0 Å². The minimum Gasteiger partial charge on any atom is -0.448 e. The average Bonchev–Trinajstić information content (AvgIpc) is 2.96. The minimum absolute atomic E-state index is 0.133. The van der Waals surface area contributed by atoms with E-state index in [4.69, 9.17) is 4.74 Å². The molecule has 2 heterocycles. The molecule has 8 nitrogen and oxygen atoms in total. The molecule has 0 unspecified atom stereocenters. The largest absolute Gasteiger partial charge is 0.448 e. The monoisotopic (exact) mass is 411 g/mol. The van der Waals surface area contributed by atoms with Crippen LogP contribution < -0.4 is 10.2 Å². The number of anilines is 2. The molecule has 2 aromatic rings. The molecule has 0 bridgehead atoms. The zero-order chi connectivity index (χ0) is 22.4. The number of carbonyl (C=O) groups is 4. The zero-order valence-electron chi connectivity index (χ0n) is 17.9. The molecule has 3 rings (SSSR count). The second-order valence-electron chi connectivity index (χ2n) is 7.93. The fourth-order valence-electron chi connectivity index (χ4n) is 3.78. The summed E-state index contributed by atoms with van der Waals surface area (Å²) in [6.07, 6.45) is -1.15. The molecule has 2 N–H and O–H groups in total. The summed E-state index contributed by atoms with van der Waals surface area (Å²) in [5, 5.41) is 2.79. The molecule has 1 aliphatic rings. The van der Waals surface area contributed by atoms with Gasteiger partial charge < -0.3 is 15.0 Å². The summed E-state index contributed by atoms with van der Waals surface area (Å²) in [7, 11) is 0. The Hall–Kier alpha value is -3.42. The number of carbonyl (C=O) groups excluding carboxylic acids is 4. The molecule has 0 saturated heterocycles. The SMILES string of the molecule is CC(=O)c1c(C)[nH]c(C(=O)O[C@@H](C)C(=O)N2c3ccccc3NC(=O)C2(C)C)c1C. The zero-order valence-corrected chi connectivity index (χ0v) is 17.9.